The first-order chi connectivity index (χ1) is 13.1. The van der Waals surface area contributed by atoms with E-state index in [0.717, 1.165) is 15.8 Å². The van der Waals surface area contributed by atoms with Crippen molar-refractivity contribution in [3.05, 3.63) is 72.6 Å². The summed E-state index contributed by atoms with van der Waals surface area (Å²) in [5.74, 6) is -1.02. The van der Waals surface area contributed by atoms with E-state index < -0.39 is 17.9 Å². The Balaban J connectivity index is 1.55. The van der Waals surface area contributed by atoms with Gasteiger partial charge in [-0.2, -0.15) is 20.3 Å². The van der Waals surface area contributed by atoms with Crippen molar-refractivity contribution in [3.63, 3.8) is 0 Å². The number of nitrogens with zero attached hydrogens (tertiary/aromatic N) is 5. The predicted molar refractivity (Wildman–Crippen MR) is 101 cm³/mol. The highest BCUT2D eigenvalue weighted by Gasteiger charge is 2.38. The Morgan fingerprint density at radius 1 is 1.04 bits per heavy atom. The van der Waals surface area contributed by atoms with E-state index >= 15 is 0 Å². The van der Waals surface area contributed by atoms with Gasteiger partial charge in [-0.05, 0) is 42.0 Å². The van der Waals surface area contributed by atoms with Crippen LogP contribution >= 0.6 is 0 Å². The summed E-state index contributed by atoms with van der Waals surface area (Å²) in [5.41, 5.74) is 1.39. The maximum Gasteiger partial charge on any atom is 0.282 e. The fraction of sp³-hybridized carbons (Fsp3) is 0.100. The number of hydrogen-bond donors (Lipinski definition) is 0. The minimum Gasteiger partial charge on any atom is -0.269 e. The number of azo groups is 1. The van der Waals surface area contributed by atoms with Gasteiger partial charge in [0.05, 0.1) is 11.4 Å². The number of fused-ring (bicyclic) bond motifs is 1. The van der Waals surface area contributed by atoms with Crippen molar-refractivity contribution in [2.75, 3.05) is 0 Å². The molecule has 27 heavy (non-hydrogen) atoms. The molecule has 1 aromatic heterocycles. The van der Waals surface area contributed by atoms with Crippen molar-refractivity contribution in [3.8, 4) is 0 Å². The second kappa shape index (κ2) is 6.87. The molecule has 0 aliphatic carbocycles. The molecule has 3 aromatic rings. The highest BCUT2D eigenvalue weighted by Crippen LogP contribution is 2.23. The van der Waals surface area contributed by atoms with E-state index in [4.69, 9.17) is 0 Å². The molecule has 1 aliphatic heterocycles. The first-order valence-electron chi connectivity index (χ1n) is 8.36. The summed E-state index contributed by atoms with van der Waals surface area (Å²) in [4.78, 5) is 28.9. The number of aromatic nitrogens is 1. The van der Waals surface area contributed by atoms with Gasteiger partial charge >= 0.3 is 0 Å². The Hall–Kier alpha value is -3.74. The number of imide groups is 1. The minimum atomic E-state index is -0.901. The van der Waals surface area contributed by atoms with Crippen LogP contribution in [-0.2, 0) is 4.79 Å². The van der Waals surface area contributed by atoms with E-state index in [1.807, 2.05) is 42.5 Å². The zero-order chi connectivity index (χ0) is 18.8. The van der Waals surface area contributed by atoms with Gasteiger partial charge < -0.3 is 0 Å². The van der Waals surface area contributed by atoms with E-state index in [1.54, 1.807) is 6.92 Å². The molecule has 0 saturated carbocycles. The highest BCUT2D eigenvalue weighted by molar-refractivity contribution is 6.18. The number of carbonyl (C=O) groups excluding carboxylic acids is 2. The van der Waals surface area contributed by atoms with Gasteiger partial charge in [0.25, 0.3) is 11.8 Å². The lowest BCUT2D eigenvalue weighted by molar-refractivity contribution is -0.127. The summed E-state index contributed by atoms with van der Waals surface area (Å²) in [7, 11) is 0. The van der Waals surface area contributed by atoms with Crippen LogP contribution in [-0.4, -0.2) is 33.6 Å². The van der Waals surface area contributed by atoms with Crippen molar-refractivity contribution in [2.45, 2.75) is 13.0 Å². The fourth-order valence-electron chi connectivity index (χ4n) is 2.81. The van der Waals surface area contributed by atoms with Crippen LogP contribution in [0.3, 0.4) is 0 Å². The van der Waals surface area contributed by atoms with Crippen LogP contribution < -0.4 is 0 Å². The molecule has 132 valence electrons. The Kier molecular flexibility index (Phi) is 4.25. The molecule has 2 heterocycles. The summed E-state index contributed by atoms with van der Waals surface area (Å²) in [5, 5.41) is 15.3. The minimum absolute atomic E-state index is 0.335. The van der Waals surface area contributed by atoms with Crippen molar-refractivity contribution >= 4 is 34.0 Å². The van der Waals surface area contributed by atoms with Crippen molar-refractivity contribution in [1.29, 1.82) is 0 Å². The lowest BCUT2D eigenvalue weighted by atomic mass is 10.1. The molecule has 0 bridgehead atoms. The first-order valence-corrected chi connectivity index (χ1v) is 8.36. The van der Waals surface area contributed by atoms with E-state index in [0.29, 0.717) is 17.0 Å². The van der Waals surface area contributed by atoms with Crippen molar-refractivity contribution in [2.24, 2.45) is 15.3 Å². The van der Waals surface area contributed by atoms with Crippen LogP contribution in [0.25, 0.3) is 10.8 Å². The quantitative estimate of drug-likeness (QED) is 0.528. The van der Waals surface area contributed by atoms with E-state index in [1.165, 1.54) is 24.5 Å². The fourth-order valence-corrected chi connectivity index (χ4v) is 2.81. The maximum atomic E-state index is 12.6. The van der Waals surface area contributed by atoms with Gasteiger partial charge in [-0.15, -0.1) is 0 Å². The van der Waals surface area contributed by atoms with Crippen LogP contribution in [0.1, 0.15) is 17.3 Å². The van der Waals surface area contributed by atoms with Gasteiger partial charge in [0.15, 0.2) is 6.04 Å². The molecule has 1 atom stereocenters. The smallest absolute Gasteiger partial charge is 0.269 e. The molecule has 7 nitrogen and oxygen atoms in total. The number of hydrazone groups is 1. The Labute approximate surface area is 155 Å². The third kappa shape index (κ3) is 3.22. The molecule has 0 fully saturated rings. The summed E-state index contributed by atoms with van der Waals surface area (Å²) >= 11 is 0. The molecule has 2 amide bonds. The van der Waals surface area contributed by atoms with E-state index in [2.05, 4.69) is 20.3 Å². The monoisotopic (exact) mass is 357 g/mol. The lowest BCUT2D eigenvalue weighted by Gasteiger charge is -2.10. The van der Waals surface area contributed by atoms with Gasteiger partial charge in [-0.25, -0.2) is 0 Å². The van der Waals surface area contributed by atoms with Gasteiger partial charge in [0.2, 0.25) is 0 Å². The molecule has 2 aromatic carbocycles. The molecular weight excluding hydrogens is 342 g/mol. The number of carbonyl (C=O) groups is 2. The number of pyridine rings is 1. The van der Waals surface area contributed by atoms with E-state index in [9.17, 15) is 9.59 Å². The number of benzene rings is 2. The largest absolute Gasteiger partial charge is 0.282 e. The normalized spacial score (nSPS) is 16.9. The summed E-state index contributed by atoms with van der Waals surface area (Å²) in [6, 6.07) is 15.7. The molecule has 7 heteroatoms. The third-order valence-electron chi connectivity index (χ3n) is 4.24. The number of rotatable bonds is 3. The summed E-state index contributed by atoms with van der Waals surface area (Å²) in [6.07, 6.45) is 2.97. The van der Waals surface area contributed by atoms with Crippen LogP contribution in [0.4, 0.5) is 5.69 Å². The Morgan fingerprint density at radius 3 is 2.56 bits per heavy atom. The molecule has 0 saturated heterocycles. The lowest BCUT2D eigenvalue weighted by Crippen LogP contribution is -2.34. The number of amides is 2. The zero-order valence-corrected chi connectivity index (χ0v) is 14.5. The Morgan fingerprint density at radius 2 is 1.78 bits per heavy atom. The van der Waals surface area contributed by atoms with Crippen molar-refractivity contribution in [1.82, 2.24) is 9.99 Å². The molecule has 0 spiro atoms. The third-order valence-corrected chi connectivity index (χ3v) is 4.24. The maximum absolute atomic E-state index is 12.6. The standard InChI is InChI=1S/C20H15N5O2/c1-13-18(20(27)25(24-13)19(26)15-8-10-21-11-9-15)23-22-17-7-6-14-4-2-3-5-16(14)12-17/h2-12,18H,1H3. The van der Waals surface area contributed by atoms with Crippen LogP contribution in [0.15, 0.2) is 82.3 Å². The SMILES string of the molecule is CC1=NN(C(=O)c2ccncc2)C(=O)C1N=Nc1ccc2ccccc2c1. The van der Waals surface area contributed by atoms with Gasteiger partial charge in [0, 0.05) is 18.0 Å². The second-order valence-electron chi connectivity index (χ2n) is 6.08. The van der Waals surface area contributed by atoms with Crippen molar-refractivity contribution < 1.29 is 9.59 Å². The molecule has 4 rings (SSSR count). The summed E-state index contributed by atoms with van der Waals surface area (Å²) in [6.45, 7) is 1.65. The van der Waals surface area contributed by atoms with E-state index in [-0.39, 0.29) is 0 Å². The molecule has 0 radical (unpaired) electrons. The van der Waals surface area contributed by atoms with Crippen LogP contribution in [0.2, 0.25) is 0 Å². The first kappa shape index (κ1) is 16.7. The zero-order valence-electron chi connectivity index (χ0n) is 14.5. The van der Waals surface area contributed by atoms with Crippen LogP contribution in [0, 0.1) is 0 Å². The molecular formula is C20H15N5O2. The number of hydrogen-bond acceptors (Lipinski definition) is 6. The van der Waals surface area contributed by atoms with Gasteiger partial charge in [0.1, 0.15) is 0 Å². The van der Waals surface area contributed by atoms with Crippen LogP contribution in [0.5, 0.6) is 0 Å². The summed E-state index contributed by atoms with van der Waals surface area (Å²) < 4.78 is 0. The van der Waals surface area contributed by atoms with Gasteiger partial charge in [-0.3, -0.25) is 14.6 Å². The average molecular weight is 357 g/mol. The Bertz CT molecular complexity index is 1090. The second-order valence-corrected chi connectivity index (χ2v) is 6.08. The van der Waals surface area contributed by atoms with Gasteiger partial charge in [-0.1, -0.05) is 30.3 Å². The molecule has 0 N–H and O–H groups in total. The predicted octanol–water partition coefficient (Wildman–Crippen LogP) is 3.75. The molecule has 1 unspecified atom stereocenters. The highest BCUT2D eigenvalue weighted by atomic mass is 16.2. The average Bonchev–Trinajstić information content (AvgIpc) is 3.00. The molecule has 1 aliphatic rings. The topological polar surface area (TPSA) is 87.4 Å².